The Morgan fingerprint density at radius 3 is 2.42 bits per heavy atom. The van der Waals surface area contributed by atoms with Crippen LogP contribution in [-0.4, -0.2) is 36.2 Å². The van der Waals surface area contributed by atoms with Crippen LogP contribution in [0.3, 0.4) is 0 Å². The number of Topliss-reactive ketones (excluding diaryl/α,β-unsaturated/α-hetero) is 2. The number of methoxy groups -OCH3 is 1. The molecule has 26 heavy (non-hydrogen) atoms. The first-order chi connectivity index (χ1) is 12.0. The second-order valence-electron chi connectivity index (χ2n) is 8.76. The standard InChI is InChI=1S/C21H30O5/c1-12(2)13-10-14(22)16(18(25)17(13)24)21(5)9-7-8-20(3,4)19(21)15(23)11-26-6/h10,12,19,25H,7-9,11H2,1-6H3/t19-,21+/m0/s1. The Hall–Kier alpha value is -1.75. The Bertz CT molecular complexity index is 695. The van der Waals surface area contributed by atoms with Crippen molar-refractivity contribution in [3.8, 4) is 0 Å². The molecule has 1 saturated carbocycles. The highest BCUT2D eigenvalue weighted by Crippen LogP contribution is 2.56. The molecule has 0 spiro atoms. The first-order valence-electron chi connectivity index (χ1n) is 9.23. The Morgan fingerprint density at radius 2 is 1.88 bits per heavy atom. The minimum atomic E-state index is -0.896. The molecule has 0 aliphatic heterocycles. The molecular weight excluding hydrogens is 332 g/mol. The van der Waals surface area contributed by atoms with Crippen molar-refractivity contribution in [3.05, 3.63) is 23.0 Å². The zero-order valence-electron chi connectivity index (χ0n) is 16.6. The van der Waals surface area contributed by atoms with E-state index in [0.717, 1.165) is 12.8 Å². The molecule has 0 saturated heterocycles. The molecule has 2 rings (SSSR count). The molecule has 144 valence electrons. The summed E-state index contributed by atoms with van der Waals surface area (Å²) in [6.45, 7) is 9.41. The summed E-state index contributed by atoms with van der Waals surface area (Å²) in [6.07, 6.45) is 3.57. The quantitative estimate of drug-likeness (QED) is 0.756. The highest BCUT2D eigenvalue weighted by molar-refractivity contribution is 6.22. The summed E-state index contributed by atoms with van der Waals surface area (Å²) in [5.41, 5.74) is -0.849. The smallest absolute Gasteiger partial charge is 0.224 e. The van der Waals surface area contributed by atoms with Gasteiger partial charge in [-0.15, -0.1) is 0 Å². The Balaban J connectivity index is 2.60. The van der Waals surface area contributed by atoms with Gasteiger partial charge in [0, 0.05) is 24.0 Å². The lowest BCUT2D eigenvalue weighted by atomic mass is 9.51. The van der Waals surface area contributed by atoms with E-state index in [9.17, 15) is 19.5 Å². The molecule has 0 aromatic rings. The van der Waals surface area contributed by atoms with E-state index in [1.54, 1.807) is 0 Å². The average molecular weight is 362 g/mol. The molecular formula is C21H30O5. The maximum atomic E-state index is 12.9. The van der Waals surface area contributed by atoms with E-state index in [1.807, 2.05) is 34.6 Å². The summed E-state index contributed by atoms with van der Waals surface area (Å²) in [5.74, 6) is -2.11. The highest BCUT2D eigenvalue weighted by Gasteiger charge is 2.55. The number of ketones is 3. The molecule has 2 atom stereocenters. The van der Waals surface area contributed by atoms with Gasteiger partial charge < -0.3 is 9.84 Å². The van der Waals surface area contributed by atoms with E-state index in [2.05, 4.69) is 0 Å². The normalized spacial score (nSPS) is 29.2. The van der Waals surface area contributed by atoms with Gasteiger partial charge >= 0.3 is 0 Å². The summed E-state index contributed by atoms with van der Waals surface area (Å²) >= 11 is 0. The molecule has 0 unspecified atom stereocenters. The fraction of sp³-hybridized carbons (Fsp3) is 0.667. The molecule has 1 fully saturated rings. The van der Waals surface area contributed by atoms with E-state index in [0.29, 0.717) is 12.0 Å². The first-order valence-corrected chi connectivity index (χ1v) is 9.23. The molecule has 5 heteroatoms. The predicted molar refractivity (Wildman–Crippen MR) is 98.7 cm³/mol. The zero-order chi connectivity index (χ0) is 19.9. The second kappa shape index (κ2) is 7.10. The minimum Gasteiger partial charge on any atom is -0.504 e. The lowest BCUT2D eigenvalue weighted by Crippen LogP contribution is -2.50. The third kappa shape index (κ3) is 3.29. The lowest BCUT2D eigenvalue weighted by molar-refractivity contribution is -0.139. The van der Waals surface area contributed by atoms with Crippen molar-refractivity contribution in [2.24, 2.45) is 22.7 Å². The number of carbonyl (C=O) groups excluding carboxylic acids is 3. The van der Waals surface area contributed by atoms with E-state index >= 15 is 0 Å². The number of hydrogen-bond acceptors (Lipinski definition) is 5. The zero-order valence-corrected chi connectivity index (χ0v) is 16.6. The van der Waals surface area contributed by atoms with Crippen LogP contribution in [0, 0.1) is 22.7 Å². The van der Waals surface area contributed by atoms with Crippen LogP contribution in [-0.2, 0) is 19.1 Å². The average Bonchev–Trinajstić information content (AvgIpc) is 2.49. The second-order valence-corrected chi connectivity index (χ2v) is 8.76. The summed E-state index contributed by atoms with van der Waals surface area (Å²) in [7, 11) is 1.47. The van der Waals surface area contributed by atoms with Gasteiger partial charge in [0.25, 0.3) is 0 Å². The molecule has 2 aliphatic carbocycles. The van der Waals surface area contributed by atoms with E-state index < -0.39 is 22.9 Å². The number of hydrogen-bond donors (Lipinski definition) is 1. The van der Waals surface area contributed by atoms with Crippen molar-refractivity contribution in [1.82, 2.24) is 0 Å². The van der Waals surface area contributed by atoms with Crippen molar-refractivity contribution >= 4 is 17.3 Å². The fourth-order valence-electron chi connectivity index (χ4n) is 4.98. The predicted octanol–water partition coefficient (Wildman–Crippen LogP) is 3.58. The van der Waals surface area contributed by atoms with Crippen LogP contribution >= 0.6 is 0 Å². The van der Waals surface area contributed by atoms with Gasteiger partial charge in [-0.25, -0.2) is 0 Å². The van der Waals surface area contributed by atoms with Crippen LogP contribution < -0.4 is 0 Å². The van der Waals surface area contributed by atoms with Crippen LogP contribution in [0.15, 0.2) is 23.0 Å². The summed E-state index contributed by atoms with van der Waals surface area (Å²) < 4.78 is 5.06. The van der Waals surface area contributed by atoms with Crippen molar-refractivity contribution in [3.63, 3.8) is 0 Å². The van der Waals surface area contributed by atoms with Crippen LogP contribution in [0.1, 0.15) is 53.9 Å². The van der Waals surface area contributed by atoms with Gasteiger partial charge in [0.05, 0.1) is 5.57 Å². The molecule has 0 aromatic carbocycles. The van der Waals surface area contributed by atoms with Crippen molar-refractivity contribution in [2.45, 2.75) is 53.9 Å². The molecule has 0 bridgehead atoms. The van der Waals surface area contributed by atoms with Gasteiger partial charge in [0.15, 0.2) is 17.3 Å². The van der Waals surface area contributed by atoms with Gasteiger partial charge in [-0.3, -0.25) is 14.4 Å². The van der Waals surface area contributed by atoms with E-state index in [-0.39, 0.29) is 35.1 Å². The molecule has 1 N–H and O–H groups in total. The molecule has 0 heterocycles. The fourth-order valence-corrected chi connectivity index (χ4v) is 4.98. The maximum Gasteiger partial charge on any atom is 0.224 e. The van der Waals surface area contributed by atoms with Crippen molar-refractivity contribution in [1.29, 1.82) is 0 Å². The van der Waals surface area contributed by atoms with Crippen LogP contribution in [0.25, 0.3) is 0 Å². The minimum absolute atomic E-state index is 0.0487. The van der Waals surface area contributed by atoms with Gasteiger partial charge in [0.1, 0.15) is 6.61 Å². The number of aliphatic hydroxyl groups excluding tert-OH is 1. The maximum absolute atomic E-state index is 12.9. The van der Waals surface area contributed by atoms with Crippen LogP contribution in [0.4, 0.5) is 0 Å². The largest absolute Gasteiger partial charge is 0.504 e. The summed E-state index contributed by atoms with van der Waals surface area (Å²) in [5, 5.41) is 10.7. The summed E-state index contributed by atoms with van der Waals surface area (Å²) in [6, 6.07) is 0. The van der Waals surface area contributed by atoms with E-state index in [4.69, 9.17) is 4.74 Å². The third-order valence-electron chi connectivity index (χ3n) is 5.98. The SMILES string of the molecule is COCC(=O)[C@H]1C(C)(C)CCC[C@]1(C)C1=C(O)C(=O)C(C(C)C)=CC1=O. The van der Waals surface area contributed by atoms with Gasteiger partial charge in [-0.1, -0.05) is 41.0 Å². The van der Waals surface area contributed by atoms with Gasteiger partial charge in [0.2, 0.25) is 5.78 Å². The number of carbonyl (C=O) groups is 3. The summed E-state index contributed by atoms with van der Waals surface area (Å²) in [4.78, 5) is 38.4. The molecule has 0 aromatic heterocycles. The molecule has 0 amide bonds. The molecule has 5 nitrogen and oxygen atoms in total. The molecule has 2 aliphatic rings. The number of allylic oxidation sites excluding steroid dienone is 3. The highest BCUT2D eigenvalue weighted by atomic mass is 16.5. The van der Waals surface area contributed by atoms with Crippen LogP contribution in [0.2, 0.25) is 0 Å². The number of aliphatic hydroxyl groups is 1. The number of rotatable bonds is 5. The number of ether oxygens (including phenoxy) is 1. The van der Waals surface area contributed by atoms with Gasteiger partial charge in [-0.2, -0.15) is 0 Å². The van der Waals surface area contributed by atoms with Gasteiger partial charge in [-0.05, 0) is 30.3 Å². The van der Waals surface area contributed by atoms with Crippen molar-refractivity contribution in [2.75, 3.05) is 13.7 Å². The van der Waals surface area contributed by atoms with Crippen molar-refractivity contribution < 1.29 is 24.2 Å². The first kappa shape index (κ1) is 20.6. The third-order valence-corrected chi connectivity index (χ3v) is 5.98. The van der Waals surface area contributed by atoms with E-state index in [1.165, 1.54) is 13.2 Å². The Kier molecular flexibility index (Phi) is 5.62. The topological polar surface area (TPSA) is 80.7 Å². The lowest BCUT2D eigenvalue weighted by Gasteiger charge is -2.50. The Morgan fingerprint density at radius 1 is 1.27 bits per heavy atom. The monoisotopic (exact) mass is 362 g/mol. The Labute approximate surface area is 155 Å². The van der Waals surface area contributed by atoms with Crippen LogP contribution in [0.5, 0.6) is 0 Å². The molecule has 0 radical (unpaired) electrons.